The highest BCUT2D eigenvalue weighted by Crippen LogP contribution is 2.30. The maximum absolute atomic E-state index is 12.4. The fourth-order valence-corrected chi connectivity index (χ4v) is 3.76. The molecule has 1 aliphatic rings. The van der Waals surface area contributed by atoms with Crippen molar-refractivity contribution in [2.45, 2.75) is 32.4 Å². The van der Waals surface area contributed by atoms with E-state index in [-0.39, 0.29) is 11.9 Å². The molecule has 7 nitrogen and oxygen atoms in total. The van der Waals surface area contributed by atoms with Gasteiger partial charge in [0.1, 0.15) is 5.65 Å². The predicted molar refractivity (Wildman–Crippen MR) is 115 cm³/mol. The Balaban J connectivity index is 1.49. The molecule has 0 unspecified atom stereocenters. The molecule has 1 aliphatic heterocycles. The van der Waals surface area contributed by atoms with Gasteiger partial charge in [-0.2, -0.15) is 0 Å². The Hall–Kier alpha value is -3.35. The zero-order valence-electron chi connectivity index (χ0n) is 16.8. The second kappa shape index (κ2) is 7.95. The quantitative estimate of drug-likeness (QED) is 0.623. The Bertz CT molecular complexity index is 1040. The summed E-state index contributed by atoms with van der Waals surface area (Å²) in [6.07, 6.45) is 7.12. The molecule has 3 N–H and O–H groups in total. The number of likely N-dealkylation sites (tertiary alicyclic amines) is 1. The lowest BCUT2D eigenvalue weighted by molar-refractivity contribution is 0.0963. The van der Waals surface area contributed by atoms with Gasteiger partial charge < -0.3 is 20.5 Å². The zero-order valence-corrected chi connectivity index (χ0v) is 16.8. The fraction of sp³-hybridized carbons (Fsp3) is 0.318. The minimum atomic E-state index is -0.148. The number of hydrogen-bond acceptors (Lipinski definition) is 5. The van der Waals surface area contributed by atoms with Crippen LogP contribution in [-0.2, 0) is 6.54 Å². The second-order valence-electron chi connectivity index (χ2n) is 7.51. The Morgan fingerprint density at radius 3 is 2.90 bits per heavy atom. The van der Waals surface area contributed by atoms with Gasteiger partial charge in [0.15, 0.2) is 0 Å². The van der Waals surface area contributed by atoms with Crippen molar-refractivity contribution < 1.29 is 4.79 Å². The van der Waals surface area contributed by atoms with Gasteiger partial charge in [-0.05, 0) is 31.0 Å². The summed E-state index contributed by atoms with van der Waals surface area (Å²) >= 11 is 0. The minimum absolute atomic E-state index is 0.148. The van der Waals surface area contributed by atoms with Crippen LogP contribution in [0.5, 0.6) is 0 Å². The lowest BCUT2D eigenvalue weighted by Gasteiger charge is -2.36. The van der Waals surface area contributed by atoms with Gasteiger partial charge in [0.25, 0.3) is 5.91 Å². The molecule has 150 valence electrons. The number of aromatic nitrogens is 3. The third-order valence-corrected chi connectivity index (χ3v) is 5.41. The van der Waals surface area contributed by atoms with E-state index in [0.29, 0.717) is 5.56 Å². The van der Waals surface area contributed by atoms with Crippen molar-refractivity contribution in [1.82, 2.24) is 25.2 Å². The normalized spacial score (nSPS) is 16.8. The van der Waals surface area contributed by atoms with Crippen LogP contribution in [0.15, 0.2) is 49.1 Å². The molecule has 0 aliphatic carbocycles. The number of nitrogens with zero attached hydrogens (tertiary/aromatic N) is 3. The third-order valence-electron chi connectivity index (χ3n) is 5.41. The van der Waals surface area contributed by atoms with Crippen molar-refractivity contribution in [3.05, 3.63) is 65.9 Å². The lowest BCUT2D eigenvalue weighted by atomic mass is 10.0. The molecule has 29 heavy (non-hydrogen) atoms. The molecule has 3 aromatic rings. The summed E-state index contributed by atoms with van der Waals surface area (Å²) in [5.74, 6) is -0.148. The van der Waals surface area contributed by atoms with Gasteiger partial charge in [0.05, 0.1) is 23.5 Å². The van der Waals surface area contributed by atoms with Crippen LogP contribution in [0.1, 0.15) is 34.5 Å². The van der Waals surface area contributed by atoms with Crippen LogP contribution in [0.3, 0.4) is 0 Å². The summed E-state index contributed by atoms with van der Waals surface area (Å²) in [6.45, 7) is 7.99. The van der Waals surface area contributed by atoms with Crippen LogP contribution >= 0.6 is 0 Å². The average molecular weight is 390 g/mol. The highest BCUT2D eigenvalue weighted by molar-refractivity contribution is 6.06. The van der Waals surface area contributed by atoms with Crippen molar-refractivity contribution in [2.75, 3.05) is 18.9 Å². The van der Waals surface area contributed by atoms with E-state index in [9.17, 15) is 4.79 Å². The van der Waals surface area contributed by atoms with Gasteiger partial charge in [-0.15, -0.1) is 0 Å². The topological polar surface area (TPSA) is 85.9 Å². The molecular weight excluding hydrogens is 364 g/mol. The molecule has 0 bridgehead atoms. The highest BCUT2D eigenvalue weighted by Gasteiger charge is 2.24. The third kappa shape index (κ3) is 3.94. The van der Waals surface area contributed by atoms with E-state index < -0.39 is 0 Å². The molecule has 1 atom stereocenters. The van der Waals surface area contributed by atoms with Crippen molar-refractivity contribution in [3.63, 3.8) is 0 Å². The summed E-state index contributed by atoms with van der Waals surface area (Å²) in [4.78, 5) is 26.6. The number of carbonyl (C=O) groups excluding carboxylic acids is 1. The first-order valence-corrected chi connectivity index (χ1v) is 9.84. The molecular formula is C22H26N6O. The van der Waals surface area contributed by atoms with Crippen LogP contribution in [0, 0.1) is 6.92 Å². The molecule has 7 heteroatoms. The lowest BCUT2D eigenvalue weighted by Crippen LogP contribution is -2.37. The number of hydrogen-bond donors (Lipinski definition) is 3. The van der Waals surface area contributed by atoms with Crippen molar-refractivity contribution in [3.8, 4) is 0 Å². The smallest absolute Gasteiger partial charge is 0.254 e. The SMILES string of the molecule is C=C1C[C@H](Nc2c(C(=O)NC)cnc3[nH]ccc23)CCN1Cc1ccc(C)cn1. The molecule has 0 spiro atoms. The van der Waals surface area contributed by atoms with E-state index >= 15 is 0 Å². The maximum Gasteiger partial charge on any atom is 0.254 e. The molecule has 1 amide bonds. The number of anilines is 1. The number of aryl methyl sites for hydroxylation is 1. The number of pyridine rings is 2. The Kier molecular flexibility index (Phi) is 5.20. The Morgan fingerprint density at radius 1 is 1.31 bits per heavy atom. The largest absolute Gasteiger partial charge is 0.381 e. The predicted octanol–water partition coefficient (Wildman–Crippen LogP) is 3.22. The van der Waals surface area contributed by atoms with Crippen LogP contribution < -0.4 is 10.6 Å². The molecule has 1 fully saturated rings. The first-order valence-electron chi connectivity index (χ1n) is 9.84. The van der Waals surface area contributed by atoms with Crippen molar-refractivity contribution >= 4 is 22.6 Å². The molecule has 4 heterocycles. The van der Waals surface area contributed by atoms with Gasteiger partial charge >= 0.3 is 0 Å². The van der Waals surface area contributed by atoms with Crippen LogP contribution in [0.4, 0.5) is 5.69 Å². The van der Waals surface area contributed by atoms with Gasteiger partial charge in [-0.25, -0.2) is 4.98 Å². The molecule has 0 saturated carbocycles. The van der Waals surface area contributed by atoms with Crippen molar-refractivity contribution in [1.29, 1.82) is 0 Å². The van der Waals surface area contributed by atoms with Crippen molar-refractivity contribution in [2.24, 2.45) is 0 Å². The van der Waals surface area contributed by atoms with E-state index in [4.69, 9.17) is 0 Å². The van der Waals surface area contributed by atoms with E-state index in [2.05, 4.69) is 49.2 Å². The summed E-state index contributed by atoms with van der Waals surface area (Å²) in [5, 5.41) is 7.21. The molecule has 4 rings (SSSR count). The second-order valence-corrected chi connectivity index (χ2v) is 7.51. The standard InChI is InChI=1S/C22H26N6O/c1-14-4-5-17(25-11-14)13-28-9-7-16(10-15(28)2)27-20-18-6-8-24-21(18)26-12-19(20)22(29)23-3/h4-6,8,11-12,16H,2,7,9-10,13H2,1,3H3,(H,23,29)(H2,24,26,27)/t16-/m1/s1. The molecule has 1 saturated heterocycles. The van der Waals surface area contributed by atoms with Gasteiger partial charge in [0, 0.05) is 55.7 Å². The highest BCUT2D eigenvalue weighted by atomic mass is 16.1. The first-order chi connectivity index (χ1) is 14.0. The number of fused-ring (bicyclic) bond motifs is 1. The summed E-state index contributed by atoms with van der Waals surface area (Å²) in [7, 11) is 1.63. The number of H-pyrrole nitrogens is 1. The number of piperidine rings is 1. The van der Waals surface area contributed by atoms with E-state index in [1.165, 1.54) is 0 Å². The molecule has 3 aromatic heterocycles. The summed E-state index contributed by atoms with van der Waals surface area (Å²) in [5.41, 5.74) is 5.43. The average Bonchev–Trinajstić information content (AvgIpc) is 3.20. The number of carbonyl (C=O) groups is 1. The van der Waals surface area contributed by atoms with E-state index in [1.807, 2.05) is 25.4 Å². The minimum Gasteiger partial charge on any atom is -0.381 e. The maximum atomic E-state index is 12.4. The van der Waals surface area contributed by atoms with Gasteiger partial charge in [-0.3, -0.25) is 9.78 Å². The van der Waals surface area contributed by atoms with Gasteiger partial charge in [0.2, 0.25) is 0 Å². The number of amides is 1. The van der Waals surface area contributed by atoms with Crippen LogP contribution in [0.25, 0.3) is 11.0 Å². The van der Waals surface area contributed by atoms with E-state index in [1.54, 1.807) is 13.2 Å². The Labute approximate surface area is 170 Å². The summed E-state index contributed by atoms with van der Waals surface area (Å²) < 4.78 is 0. The number of aromatic amines is 1. The number of rotatable bonds is 5. The van der Waals surface area contributed by atoms with Crippen LogP contribution in [-0.4, -0.2) is 45.4 Å². The summed E-state index contributed by atoms with van der Waals surface area (Å²) in [6, 6.07) is 6.31. The van der Waals surface area contributed by atoms with Gasteiger partial charge in [-0.1, -0.05) is 12.6 Å². The van der Waals surface area contributed by atoms with E-state index in [0.717, 1.165) is 59.6 Å². The number of nitrogens with one attached hydrogen (secondary N) is 3. The molecule has 0 aromatic carbocycles. The fourth-order valence-electron chi connectivity index (χ4n) is 3.76. The molecule has 0 radical (unpaired) electrons. The zero-order chi connectivity index (χ0) is 20.4. The Morgan fingerprint density at radius 2 is 2.17 bits per heavy atom. The van der Waals surface area contributed by atoms with Crippen LogP contribution in [0.2, 0.25) is 0 Å². The monoisotopic (exact) mass is 390 g/mol. The first kappa shape index (κ1) is 19.0.